The molecule has 0 atom stereocenters. The summed E-state index contributed by atoms with van der Waals surface area (Å²) < 4.78 is 44.7. The molecule has 11 heteroatoms. The monoisotopic (exact) mass is 539 g/mol. The van der Waals surface area contributed by atoms with E-state index >= 15 is 0 Å². The number of halogens is 3. The molecule has 1 saturated heterocycles. The minimum Gasteiger partial charge on any atom is -0.336 e. The van der Waals surface area contributed by atoms with Gasteiger partial charge in [-0.25, -0.2) is 9.50 Å². The van der Waals surface area contributed by atoms with Crippen molar-refractivity contribution in [2.24, 2.45) is 0 Å². The Bertz CT molecular complexity index is 1480. The summed E-state index contributed by atoms with van der Waals surface area (Å²) in [6, 6.07) is 8.28. The van der Waals surface area contributed by atoms with Crippen LogP contribution in [0.3, 0.4) is 0 Å². The van der Waals surface area contributed by atoms with Gasteiger partial charge in [0.15, 0.2) is 11.3 Å². The van der Waals surface area contributed by atoms with Crippen LogP contribution in [0.25, 0.3) is 16.9 Å². The Labute approximate surface area is 225 Å². The van der Waals surface area contributed by atoms with Gasteiger partial charge in [0.2, 0.25) is 0 Å². The first kappa shape index (κ1) is 26.9. The number of hydrogen-bond acceptors (Lipinski definition) is 5. The average molecular weight is 540 g/mol. The van der Waals surface area contributed by atoms with Gasteiger partial charge in [-0.05, 0) is 31.4 Å². The number of hydrogen-bond donors (Lipinski definition) is 0. The van der Waals surface area contributed by atoms with Gasteiger partial charge in [-0.3, -0.25) is 14.4 Å². The van der Waals surface area contributed by atoms with Crippen molar-refractivity contribution in [3.8, 4) is 11.3 Å². The zero-order valence-electron chi connectivity index (χ0n) is 22.5. The zero-order chi connectivity index (χ0) is 27.9. The lowest BCUT2D eigenvalue weighted by molar-refractivity contribution is -0.142. The molecule has 0 spiro atoms. The Morgan fingerprint density at radius 2 is 1.77 bits per heavy atom. The number of rotatable bonds is 6. The van der Waals surface area contributed by atoms with E-state index in [1.54, 1.807) is 17.0 Å². The molecule has 1 aliphatic rings. The second-order valence-corrected chi connectivity index (χ2v) is 10.3. The summed E-state index contributed by atoms with van der Waals surface area (Å²) in [4.78, 5) is 21.9. The van der Waals surface area contributed by atoms with Gasteiger partial charge in [-0.15, -0.1) is 0 Å². The molecule has 1 aromatic carbocycles. The van der Waals surface area contributed by atoms with Gasteiger partial charge >= 0.3 is 6.18 Å². The van der Waals surface area contributed by atoms with Crippen LogP contribution in [0, 0.1) is 6.92 Å². The van der Waals surface area contributed by atoms with Crippen molar-refractivity contribution in [2.75, 3.05) is 26.2 Å². The molecule has 1 fully saturated rings. The first-order valence-electron chi connectivity index (χ1n) is 13.2. The topological polar surface area (TPSA) is 71.6 Å². The van der Waals surface area contributed by atoms with Crippen molar-refractivity contribution >= 4 is 11.6 Å². The van der Waals surface area contributed by atoms with Gasteiger partial charge in [0, 0.05) is 56.6 Å². The van der Waals surface area contributed by atoms with Crippen molar-refractivity contribution < 1.29 is 18.0 Å². The molecular weight excluding hydrogens is 507 g/mol. The fraction of sp³-hybridized carbons (Fsp3) is 0.429. The second-order valence-electron chi connectivity index (χ2n) is 10.3. The molecule has 0 aliphatic carbocycles. The number of piperazine rings is 1. The highest BCUT2D eigenvalue weighted by Crippen LogP contribution is 2.33. The molecule has 0 radical (unpaired) electrons. The van der Waals surface area contributed by atoms with Gasteiger partial charge in [0.05, 0.1) is 17.6 Å². The summed E-state index contributed by atoms with van der Waals surface area (Å²) in [5.74, 6) is -0.0783. The van der Waals surface area contributed by atoms with E-state index in [9.17, 15) is 18.0 Å². The maximum absolute atomic E-state index is 14.0. The van der Waals surface area contributed by atoms with Crippen LogP contribution in [-0.2, 0) is 19.3 Å². The third-order valence-corrected chi connectivity index (χ3v) is 7.29. The first-order chi connectivity index (χ1) is 18.5. The summed E-state index contributed by atoms with van der Waals surface area (Å²) in [6.45, 7) is 11.9. The maximum Gasteiger partial charge on any atom is 0.433 e. The highest BCUT2D eigenvalue weighted by atomic mass is 19.4. The van der Waals surface area contributed by atoms with E-state index in [1.165, 1.54) is 6.20 Å². The average Bonchev–Trinajstić information content (AvgIpc) is 3.50. The van der Waals surface area contributed by atoms with E-state index < -0.39 is 11.9 Å². The smallest absolute Gasteiger partial charge is 0.336 e. The maximum atomic E-state index is 14.0. The van der Waals surface area contributed by atoms with Gasteiger partial charge in [0.1, 0.15) is 5.56 Å². The molecule has 39 heavy (non-hydrogen) atoms. The second kappa shape index (κ2) is 10.4. The lowest BCUT2D eigenvalue weighted by Gasteiger charge is -2.34. The SMILES string of the molecule is CCn1cc(CN2CCN(C(=O)c3cnn4c(C(F)(F)F)cc(-c5ccc(C(C)C)cc5)nc34)CC2)c(C)n1. The molecular formula is C28H32F3N7O. The molecule has 5 rings (SSSR count). The summed E-state index contributed by atoms with van der Waals surface area (Å²) in [7, 11) is 0. The highest BCUT2D eigenvalue weighted by Gasteiger charge is 2.36. The fourth-order valence-electron chi connectivity index (χ4n) is 4.90. The Balaban J connectivity index is 1.40. The van der Waals surface area contributed by atoms with Crippen LogP contribution in [0.2, 0.25) is 0 Å². The van der Waals surface area contributed by atoms with E-state index in [4.69, 9.17) is 0 Å². The minimum atomic E-state index is -4.67. The molecule has 206 valence electrons. The summed E-state index contributed by atoms with van der Waals surface area (Å²) in [5.41, 5.74) is 2.90. The van der Waals surface area contributed by atoms with E-state index in [-0.39, 0.29) is 28.7 Å². The fourth-order valence-corrected chi connectivity index (χ4v) is 4.90. The number of fused-ring (bicyclic) bond motifs is 1. The van der Waals surface area contributed by atoms with Crippen LogP contribution < -0.4 is 0 Å². The molecule has 0 bridgehead atoms. The van der Waals surface area contributed by atoms with Gasteiger partial charge in [-0.1, -0.05) is 38.1 Å². The number of alkyl halides is 3. The van der Waals surface area contributed by atoms with Crippen molar-refractivity contribution in [3.63, 3.8) is 0 Å². The van der Waals surface area contributed by atoms with Crippen LogP contribution >= 0.6 is 0 Å². The van der Waals surface area contributed by atoms with Crippen LogP contribution in [0.4, 0.5) is 13.2 Å². The van der Waals surface area contributed by atoms with E-state index in [1.807, 2.05) is 50.7 Å². The number of benzene rings is 1. The summed E-state index contributed by atoms with van der Waals surface area (Å²) in [6.07, 6.45) is -1.43. The van der Waals surface area contributed by atoms with Crippen molar-refractivity contribution in [1.82, 2.24) is 34.2 Å². The van der Waals surface area contributed by atoms with Crippen LogP contribution in [0.15, 0.2) is 42.7 Å². The van der Waals surface area contributed by atoms with Crippen molar-refractivity contribution in [1.29, 1.82) is 0 Å². The number of carbonyl (C=O) groups is 1. The molecule has 3 aromatic heterocycles. The van der Waals surface area contributed by atoms with Crippen molar-refractivity contribution in [2.45, 2.75) is 52.9 Å². The number of amides is 1. The van der Waals surface area contributed by atoms with Crippen LogP contribution in [0.1, 0.15) is 59.6 Å². The Kier molecular flexibility index (Phi) is 7.19. The van der Waals surface area contributed by atoms with Gasteiger partial charge in [-0.2, -0.15) is 23.4 Å². The summed E-state index contributed by atoms with van der Waals surface area (Å²) >= 11 is 0. The van der Waals surface area contributed by atoms with Crippen molar-refractivity contribution in [3.05, 3.63) is 70.8 Å². The predicted octanol–water partition coefficient (Wildman–Crippen LogP) is 5.02. The first-order valence-corrected chi connectivity index (χ1v) is 13.2. The Morgan fingerprint density at radius 3 is 2.36 bits per heavy atom. The minimum absolute atomic E-state index is 0.0645. The van der Waals surface area contributed by atoms with E-state index in [0.29, 0.717) is 31.7 Å². The third-order valence-electron chi connectivity index (χ3n) is 7.29. The molecule has 4 aromatic rings. The highest BCUT2D eigenvalue weighted by molar-refractivity contribution is 6.00. The van der Waals surface area contributed by atoms with Crippen LogP contribution in [0.5, 0.6) is 0 Å². The normalized spacial score (nSPS) is 15.0. The number of carbonyl (C=O) groups excluding carboxylic acids is 1. The Hall–Kier alpha value is -3.73. The lowest BCUT2D eigenvalue weighted by atomic mass is 10.0. The summed E-state index contributed by atoms with van der Waals surface area (Å²) in [5, 5.41) is 8.43. The molecule has 1 aliphatic heterocycles. The largest absolute Gasteiger partial charge is 0.433 e. The third kappa shape index (κ3) is 5.40. The molecule has 0 unspecified atom stereocenters. The van der Waals surface area contributed by atoms with E-state index in [2.05, 4.69) is 20.1 Å². The number of aromatic nitrogens is 5. The quantitative estimate of drug-likeness (QED) is 0.344. The van der Waals surface area contributed by atoms with Gasteiger partial charge < -0.3 is 4.90 Å². The Morgan fingerprint density at radius 1 is 1.08 bits per heavy atom. The predicted molar refractivity (Wildman–Crippen MR) is 141 cm³/mol. The number of nitrogens with zero attached hydrogens (tertiary/aromatic N) is 7. The molecule has 4 heterocycles. The molecule has 8 nitrogen and oxygen atoms in total. The van der Waals surface area contributed by atoms with Crippen LogP contribution in [-0.4, -0.2) is 66.3 Å². The lowest BCUT2D eigenvalue weighted by Crippen LogP contribution is -2.48. The molecule has 1 amide bonds. The number of aryl methyl sites for hydroxylation is 2. The molecule has 0 N–H and O–H groups in total. The van der Waals surface area contributed by atoms with Gasteiger partial charge in [0.25, 0.3) is 5.91 Å². The van der Waals surface area contributed by atoms with E-state index in [0.717, 1.165) is 40.5 Å². The zero-order valence-corrected chi connectivity index (χ0v) is 22.5. The standard InChI is InChI=1S/C28H32F3N7O/c1-5-37-17-22(19(4)34-37)16-35-10-12-36(13-11-35)27(39)23-15-32-38-25(28(29,30)31)14-24(33-26(23)38)21-8-6-20(7-9-21)18(2)3/h6-9,14-15,17-18H,5,10-13,16H2,1-4H3. The molecule has 0 saturated carbocycles.